The van der Waals surface area contributed by atoms with Gasteiger partial charge in [0.25, 0.3) is 0 Å². The highest BCUT2D eigenvalue weighted by atomic mass is 35.5. The molecule has 144 valence electrons. The number of hydrogen-bond donors (Lipinski definition) is 1. The van der Waals surface area contributed by atoms with Gasteiger partial charge in [-0.1, -0.05) is 66.5 Å². The van der Waals surface area contributed by atoms with Crippen molar-refractivity contribution in [3.63, 3.8) is 0 Å². The van der Waals surface area contributed by atoms with E-state index in [1.807, 2.05) is 37.3 Å². The largest absolute Gasteiger partial charge is 0.354 e. The molecule has 27 heavy (non-hydrogen) atoms. The first kappa shape index (κ1) is 21.3. The van der Waals surface area contributed by atoms with Crippen molar-refractivity contribution < 1.29 is 9.59 Å². The molecule has 0 bridgehead atoms. The Morgan fingerprint density at radius 3 is 2.44 bits per heavy atom. The van der Waals surface area contributed by atoms with Gasteiger partial charge in [0.15, 0.2) is 0 Å². The maximum absolute atomic E-state index is 13.0. The van der Waals surface area contributed by atoms with Gasteiger partial charge < -0.3 is 10.2 Å². The summed E-state index contributed by atoms with van der Waals surface area (Å²) >= 11 is 12.2. The van der Waals surface area contributed by atoms with Gasteiger partial charge in [-0.3, -0.25) is 9.59 Å². The van der Waals surface area contributed by atoms with E-state index < -0.39 is 6.04 Å². The van der Waals surface area contributed by atoms with Gasteiger partial charge in [0.1, 0.15) is 6.04 Å². The van der Waals surface area contributed by atoms with E-state index in [-0.39, 0.29) is 24.8 Å². The third kappa shape index (κ3) is 6.26. The van der Waals surface area contributed by atoms with Crippen molar-refractivity contribution in [2.24, 2.45) is 0 Å². The van der Waals surface area contributed by atoms with Crippen LogP contribution in [0.1, 0.15) is 31.4 Å². The Kier molecular flexibility index (Phi) is 8.14. The van der Waals surface area contributed by atoms with Gasteiger partial charge in [-0.2, -0.15) is 0 Å². The van der Waals surface area contributed by atoms with Gasteiger partial charge in [-0.05, 0) is 36.6 Å². The zero-order valence-electron chi connectivity index (χ0n) is 15.5. The molecule has 0 aliphatic rings. The summed E-state index contributed by atoms with van der Waals surface area (Å²) in [6.45, 7) is 4.53. The van der Waals surface area contributed by atoms with E-state index in [9.17, 15) is 9.59 Å². The summed E-state index contributed by atoms with van der Waals surface area (Å²) in [5, 5.41) is 3.85. The molecule has 0 heterocycles. The van der Waals surface area contributed by atoms with Gasteiger partial charge in [-0.25, -0.2) is 0 Å². The van der Waals surface area contributed by atoms with E-state index in [1.165, 1.54) is 0 Å². The first-order valence-corrected chi connectivity index (χ1v) is 9.73. The zero-order chi connectivity index (χ0) is 19.8. The predicted octanol–water partition coefficient (Wildman–Crippen LogP) is 4.48. The lowest BCUT2D eigenvalue weighted by molar-refractivity contribution is -0.140. The van der Waals surface area contributed by atoms with Crippen molar-refractivity contribution in [1.82, 2.24) is 10.2 Å². The van der Waals surface area contributed by atoms with Gasteiger partial charge in [-0.15, -0.1) is 0 Å². The minimum absolute atomic E-state index is 0.133. The standard InChI is InChI=1S/C21H24Cl2N2O2/c1-3-11-24-21(27)15(2)25(14-17-9-10-18(22)13-19(17)23)20(26)12-16-7-5-4-6-8-16/h4-10,13,15H,3,11-12,14H2,1-2H3,(H,24,27). The molecule has 0 saturated heterocycles. The summed E-state index contributed by atoms with van der Waals surface area (Å²) < 4.78 is 0. The minimum atomic E-state index is -0.612. The molecule has 6 heteroatoms. The Hall–Kier alpha value is -2.04. The molecular formula is C21H24Cl2N2O2. The number of hydrogen-bond acceptors (Lipinski definition) is 2. The molecule has 1 unspecified atom stereocenters. The zero-order valence-corrected chi connectivity index (χ0v) is 17.1. The lowest BCUT2D eigenvalue weighted by atomic mass is 10.1. The summed E-state index contributed by atoms with van der Waals surface area (Å²) in [6.07, 6.45) is 1.05. The molecule has 4 nitrogen and oxygen atoms in total. The maximum Gasteiger partial charge on any atom is 0.242 e. The summed E-state index contributed by atoms with van der Waals surface area (Å²) in [5.74, 6) is -0.310. The summed E-state index contributed by atoms with van der Waals surface area (Å²) in [7, 11) is 0. The molecule has 2 aromatic rings. The number of carbonyl (C=O) groups is 2. The predicted molar refractivity (Wildman–Crippen MR) is 110 cm³/mol. The van der Waals surface area contributed by atoms with Crippen LogP contribution in [0.4, 0.5) is 0 Å². The molecular weight excluding hydrogens is 383 g/mol. The van der Waals surface area contributed by atoms with E-state index in [1.54, 1.807) is 30.0 Å². The number of amides is 2. The number of benzene rings is 2. The van der Waals surface area contributed by atoms with Gasteiger partial charge in [0, 0.05) is 23.1 Å². The van der Waals surface area contributed by atoms with Crippen LogP contribution in [-0.4, -0.2) is 29.3 Å². The van der Waals surface area contributed by atoms with Crippen LogP contribution < -0.4 is 5.32 Å². The Balaban J connectivity index is 2.23. The first-order chi connectivity index (χ1) is 12.9. The number of rotatable bonds is 8. The highest BCUT2D eigenvalue weighted by Crippen LogP contribution is 2.23. The molecule has 2 amide bonds. The summed E-state index contributed by atoms with van der Waals surface area (Å²) in [5.41, 5.74) is 1.65. The molecule has 0 aliphatic heterocycles. The highest BCUT2D eigenvalue weighted by molar-refractivity contribution is 6.35. The third-order valence-corrected chi connectivity index (χ3v) is 4.86. The van der Waals surface area contributed by atoms with Crippen LogP contribution in [0.25, 0.3) is 0 Å². The molecule has 0 aliphatic carbocycles. The molecule has 2 rings (SSSR count). The highest BCUT2D eigenvalue weighted by Gasteiger charge is 2.26. The van der Waals surface area contributed by atoms with Gasteiger partial charge in [0.05, 0.1) is 6.42 Å². The third-order valence-electron chi connectivity index (χ3n) is 4.27. The summed E-state index contributed by atoms with van der Waals surface area (Å²) in [4.78, 5) is 27.0. The fraction of sp³-hybridized carbons (Fsp3) is 0.333. The Bertz CT molecular complexity index is 781. The molecule has 2 aromatic carbocycles. The SMILES string of the molecule is CCCNC(=O)C(C)N(Cc1ccc(Cl)cc1Cl)C(=O)Cc1ccccc1. The molecule has 1 N–H and O–H groups in total. The smallest absolute Gasteiger partial charge is 0.242 e. The maximum atomic E-state index is 13.0. The molecule has 0 radical (unpaired) electrons. The van der Waals surface area contributed by atoms with Crippen molar-refractivity contribution in [2.45, 2.75) is 39.3 Å². The van der Waals surface area contributed by atoms with Gasteiger partial charge in [0.2, 0.25) is 11.8 Å². The van der Waals surface area contributed by atoms with Crippen LogP contribution in [0.15, 0.2) is 48.5 Å². The fourth-order valence-electron chi connectivity index (χ4n) is 2.68. The number of carbonyl (C=O) groups excluding carboxylic acids is 2. The van der Waals surface area contributed by atoms with Crippen molar-refractivity contribution in [3.05, 3.63) is 69.7 Å². The Morgan fingerprint density at radius 2 is 1.81 bits per heavy atom. The Labute approximate surface area is 170 Å². The van der Waals surface area contributed by atoms with Crippen LogP contribution in [0.3, 0.4) is 0 Å². The van der Waals surface area contributed by atoms with Crippen molar-refractivity contribution in [2.75, 3.05) is 6.54 Å². The molecule has 0 fully saturated rings. The lowest BCUT2D eigenvalue weighted by Crippen LogP contribution is -2.48. The normalized spacial score (nSPS) is 11.7. The number of nitrogens with one attached hydrogen (secondary N) is 1. The quantitative estimate of drug-likeness (QED) is 0.702. The Morgan fingerprint density at radius 1 is 1.11 bits per heavy atom. The second kappa shape index (κ2) is 10.3. The van der Waals surface area contributed by atoms with Crippen LogP contribution in [0, 0.1) is 0 Å². The monoisotopic (exact) mass is 406 g/mol. The van der Waals surface area contributed by atoms with Crippen molar-refractivity contribution in [3.8, 4) is 0 Å². The molecule has 1 atom stereocenters. The van der Waals surface area contributed by atoms with E-state index >= 15 is 0 Å². The first-order valence-electron chi connectivity index (χ1n) is 8.97. The lowest BCUT2D eigenvalue weighted by Gasteiger charge is -2.29. The van der Waals surface area contributed by atoms with Crippen molar-refractivity contribution in [1.29, 1.82) is 0 Å². The number of nitrogens with zero attached hydrogens (tertiary/aromatic N) is 1. The number of halogens is 2. The van der Waals surface area contributed by atoms with Gasteiger partial charge >= 0.3 is 0 Å². The van der Waals surface area contributed by atoms with Crippen LogP contribution >= 0.6 is 23.2 Å². The molecule has 0 saturated carbocycles. The topological polar surface area (TPSA) is 49.4 Å². The second-order valence-electron chi connectivity index (χ2n) is 6.39. The van der Waals surface area contributed by atoms with Crippen LogP contribution in [-0.2, 0) is 22.6 Å². The summed E-state index contributed by atoms with van der Waals surface area (Å²) in [6, 6.07) is 14.0. The van der Waals surface area contributed by atoms with E-state index in [4.69, 9.17) is 23.2 Å². The van der Waals surface area contributed by atoms with E-state index in [0.29, 0.717) is 16.6 Å². The average Bonchev–Trinajstić information content (AvgIpc) is 2.65. The fourth-order valence-corrected chi connectivity index (χ4v) is 3.15. The van der Waals surface area contributed by atoms with Crippen LogP contribution in [0.2, 0.25) is 10.0 Å². The molecule has 0 aromatic heterocycles. The van der Waals surface area contributed by atoms with Crippen molar-refractivity contribution >= 4 is 35.0 Å². The average molecular weight is 407 g/mol. The minimum Gasteiger partial charge on any atom is -0.354 e. The molecule has 0 spiro atoms. The van der Waals surface area contributed by atoms with E-state index in [0.717, 1.165) is 17.5 Å². The second-order valence-corrected chi connectivity index (χ2v) is 7.23. The van der Waals surface area contributed by atoms with Crippen LogP contribution in [0.5, 0.6) is 0 Å². The van der Waals surface area contributed by atoms with E-state index in [2.05, 4.69) is 5.32 Å².